The van der Waals surface area contributed by atoms with Gasteiger partial charge in [0.15, 0.2) is 0 Å². The van der Waals surface area contributed by atoms with Crippen molar-refractivity contribution in [3.63, 3.8) is 0 Å². The maximum Gasteiger partial charge on any atom is 0.250 e. The van der Waals surface area contributed by atoms with Gasteiger partial charge in [-0.3, -0.25) is 0 Å². The second-order valence-electron chi connectivity index (χ2n) is 7.84. The summed E-state index contributed by atoms with van der Waals surface area (Å²) in [4.78, 5) is 4.83. The number of benzene rings is 2. The molecule has 4 heteroatoms. The summed E-state index contributed by atoms with van der Waals surface area (Å²) in [6.45, 7) is 11.3. The molecule has 0 N–H and O–H groups in total. The molecule has 0 unspecified atom stereocenters. The highest BCUT2D eigenvalue weighted by molar-refractivity contribution is 6.74. The molecular formula is C20H26N2OSi. The molecule has 1 heterocycles. The molecule has 2 aromatic carbocycles. The molecule has 0 atom stereocenters. The first-order chi connectivity index (χ1) is 11.2. The normalized spacial score (nSPS) is 12.6. The van der Waals surface area contributed by atoms with E-state index in [2.05, 4.69) is 69.7 Å². The van der Waals surface area contributed by atoms with Crippen LogP contribution in [0.2, 0.25) is 18.1 Å². The van der Waals surface area contributed by atoms with Crippen LogP contribution in [-0.2, 0) is 7.05 Å². The van der Waals surface area contributed by atoms with Crippen molar-refractivity contribution < 1.29 is 4.43 Å². The first-order valence-corrected chi connectivity index (χ1v) is 11.3. The molecular weight excluding hydrogens is 312 g/mol. The first kappa shape index (κ1) is 16.8. The Bertz CT molecular complexity index is 875. The van der Waals surface area contributed by atoms with E-state index in [4.69, 9.17) is 9.41 Å². The minimum atomic E-state index is -1.90. The lowest BCUT2D eigenvalue weighted by Crippen LogP contribution is -2.44. The van der Waals surface area contributed by atoms with Crippen molar-refractivity contribution in [3.8, 4) is 17.1 Å². The average molecular weight is 339 g/mol. The number of para-hydroxylation sites is 3. The van der Waals surface area contributed by atoms with E-state index < -0.39 is 8.32 Å². The van der Waals surface area contributed by atoms with Crippen LogP contribution >= 0.6 is 0 Å². The van der Waals surface area contributed by atoms with Gasteiger partial charge in [-0.25, -0.2) is 4.98 Å². The van der Waals surface area contributed by atoms with Crippen LogP contribution in [0.3, 0.4) is 0 Å². The Hall–Kier alpha value is -2.07. The third kappa shape index (κ3) is 2.86. The zero-order valence-corrected chi connectivity index (χ0v) is 16.4. The number of hydrogen-bond donors (Lipinski definition) is 0. The van der Waals surface area contributed by atoms with E-state index in [9.17, 15) is 0 Å². The molecule has 0 fully saturated rings. The number of imidazole rings is 1. The molecule has 0 radical (unpaired) electrons. The second-order valence-corrected chi connectivity index (χ2v) is 12.6. The number of aryl methyl sites for hydroxylation is 1. The summed E-state index contributed by atoms with van der Waals surface area (Å²) in [6, 6.07) is 16.5. The molecule has 3 rings (SSSR count). The largest absolute Gasteiger partial charge is 0.543 e. The Kier molecular flexibility index (Phi) is 4.04. The molecule has 0 aliphatic rings. The molecule has 0 bridgehead atoms. The first-order valence-electron chi connectivity index (χ1n) is 8.40. The summed E-state index contributed by atoms with van der Waals surface area (Å²) in [7, 11) is 0.160. The highest BCUT2D eigenvalue weighted by atomic mass is 28.4. The number of aromatic nitrogens is 2. The predicted molar refractivity (Wildman–Crippen MR) is 104 cm³/mol. The number of nitrogens with zero attached hydrogens (tertiary/aromatic N) is 2. The molecule has 0 aliphatic heterocycles. The lowest BCUT2D eigenvalue weighted by atomic mass is 10.2. The van der Waals surface area contributed by atoms with Gasteiger partial charge in [-0.15, -0.1) is 0 Å². The SMILES string of the molecule is Cn1c(-c2ccccc2O[Si](C)(C)C(C)(C)C)nc2ccccc21. The van der Waals surface area contributed by atoms with Gasteiger partial charge in [0.1, 0.15) is 11.6 Å². The van der Waals surface area contributed by atoms with E-state index in [0.29, 0.717) is 0 Å². The summed E-state index contributed by atoms with van der Waals surface area (Å²) in [5.41, 5.74) is 3.20. The van der Waals surface area contributed by atoms with E-state index in [0.717, 1.165) is 28.2 Å². The van der Waals surface area contributed by atoms with Gasteiger partial charge >= 0.3 is 0 Å². The molecule has 0 aliphatic carbocycles. The summed E-state index contributed by atoms with van der Waals surface area (Å²) < 4.78 is 8.73. The zero-order valence-electron chi connectivity index (χ0n) is 15.4. The number of fused-ring (bicyclic) bond motifs is 1. The van der Waals surface area contributed by atoms with E-state index in [1.807, 2.05) is 24.3 Å². The minimum Gasteiger partial charge on any atom is -0.543 e. The Morgan fingerprint density at radius 2 is 1.58 bits per heavy atom. The van der Waals surface area contributed by atoms with Gasteiger partial charge in [0.2, 0.25) is 0 Å². The smallest absolute Gasteiger partial charge is 0.250 e. The molecule has 126 valence electrons. The van der Waals surface area contributed by atoms with Gasteiger partial charge in [0.05, 0.1) is 16.6 Å². The fourth-order valence-corrected chi connectivity index (χ4v) is 3.59. The van der Waals surface area contributed by atoms with Crippen molar-refractivity contribution in [2.45, 2.75) is 38.9 Å². The van der Waals surface area contributed by atoms with Crippen LogP contribution in [0.15, 0.2) is 48.5 Å². The van der Waals surface area contributed by atoms with Gasteiger partial charge in [-0.05, 0) is 42.4 Å². The summed E-state index contributed by atoms with van der Waals surface area (Å²) in [5.74, 6) is 1.88. The highest BCUT2D eigenvalue weighted by Crippen LogP contribution is 2.40. The lowest BCUT2D eigenvalue weighted by Gasteiger charge is -2.37. The van der Waals surface area contributed by atoms with Gasteiger partial charge in [0.25, 0.3) is 8.32 Å². The quantitative estimate of drug-likeness (QED) is 0.579. The van der Waals surface area contributed by atoms with E-state index in [-0.39, 0.29) is 5.04 Å². The minimum absolute atomic E-state index is 0.159. The van der Waals surface area contributed by atoms with Crippen molar-refractivity contribution in [1.29, 1.82) is 0 Å². The summed E-state index contributed by atoms with van der Waals surface area (Å²) >= 11 is 0. The van der Waals surface area contributed by atoms with Gasteiger partial charge < -0.3 is 8.99 Å². The van der Waals surface area contributed by atoms with E-state index >= 15 is 0 Å². The monoisotopic (exact) mass is 338 g/mol. The third-order valence-corrected chi connectivity index (χ3v) is 9.43. The Morgan fingerprint density at radius 3 is 2.25 bits per heavy atom. The van der Waals surface area contributed by atoms with Crippen LogP contribution in [0, 0.1) is 0 Å². The van der Waals surface area contributed by atoms with E-state index in [1.54, 1.807) is 0 Å². The fraction of sp³-hybridized carbons (Fsp3) is 0.350. The molecule has 0 saturated heterocycles. The standard InChI is InChI=1S/C20H26N2OSi/c1-20(2,3)24(5,6)23-18-14-10-7-11-15(18)19-21-16-12-8-9-13-17(16)22(19)4/h7-14H,1-6H3. The summed E-state index contributed by atoms with van der Waals surface area (Å²) in [5, 5.41) is 0.159. The maximum absolute atomic E-state index is 6.59. The molecule has 24 heavy (non-hydrogen) atoms. The molecule has 1 aromatic heterocycles. The van der Waals surface area contributed by atoms with Gasteiger partial charge in [-0.1, -0.05) is 45.0 Å². The Labute approximate surface area is 145 Å². The van der Waals surface area contributed by atoms with Crippen LogP contribution in [0.5, 0.6) is 5.75 Å². The molecule has 3 nitrogen and oxygen atoms in total. The van der Waals surface area contributed by atoms with Crippen molar-refractivity contribution in [1.82, 2.24) is 9.55 Å². The average Bonchev–Trinajstić information content (AvgIpc) is 2.84. The van der Waals surface area contributed by atoms with Crippen LogP contribution < -0.4 is 4.43 Å². The molecule has 3 aromatic rings. The molecule has 0 amide bonds. The van der Waals surface area contributed by atoms with Crippen LogP contribution in [0.1, 0.15) is 20.8 Å². The molecule has 0 spiro atoms. The van der Waals surface area contributed by atoms with Crippen molar-refractivity contribution in [3.05, 3.63) is 48.5 Å². The zero-order chi connectivity index (χ0) is 17.5. The lowest BCUT2D eigenvalue weighted by molar-refractivity contribution is 0.493. The molecule has 0 saturated carbocycles. The second kappa shape index (κ2) is 5.78. The van der Waals surface area contributed by atoms with Crippen LogP contribution in [0.4, 0.5) is 0 Å². The topological polar surface area (TPSA) is 27.1 Å². The number of hydrogen-bond acceptors (Lipinski definition) is 2. The maximum atomic E-state index is 6.59. The van der Waals surface area contributed by atoms with Crippen molar-refractivity contribution >= 4 is 19.4 Å². The third-order valence-electron chi connectivity index (χ3n) is 5.09. The van der Waals surface area contributed by atoms with Crippen LogP contribution in [-0.4, -0.2) is 17.9 Å². The summed E-state index contributed by atoms with van der Waals surface area (Å²) in [6.07, 6.45) is 0. The van der Waals surface area contributed by atoms with Crippen molar-refractivity contribution in [2.75, 3.05) is 0 Å². The fourth-order valence-electron chi connectivity index (χ4n) is 2.55. The van der Waals surface area contributed by atoms with Gasteiger partial charge in [-0.2, -0.15) is 0 Å². The van der Waals surface area contributed by atoms with Crippen molar-refractivity contribution in [2.24, 2.45) is 7.05 Å². The van der Waals surface area contributed by atoms with E-state index in [1.165, 1.54) is 0 Å². The van der Waals surface area contributed by atoms with Gasteiger partial charge in [0, 0.05) is 7.05 Å². The highest BCUT2D eigenvalue weighted by Gasteiger charge is 2.39. The number of rotatable bonds is 3. The van der Waals surface area contributed by atoms with Crippen LogP contribution in [0.25, 0.3) is 22.4 Å². The Balaban J connectivity index is 2.11. The Morgan fingerprint density at radius 1 is 0.958 bits per heavy atom. The predicted octanol–water partition coefficient (Wildman–Crippen LogP) is 5.62.